The van der Waals surface area contributed by atoms with Crippen LogP contribution in [0.4, 0.5) is 0 Å². The molecule has 0 aromatic rings. The highest BCUT2D eigenvalue weighted by Crippen LogP contribution is 2.39. The van der Waals surface area contributed by atoms with Crippen molar-refractivity contribution in [3.63, 3.8) is 0 Å². The van der Waals surface area contributed by atoms with Crippen LogP contribution in [0.2, 0.25) is 0 Å². The highest BCUT2D eigenvalue weighted by Gasteiger charge is 2.28. The van der Waals surface area contributed by atoms with Crippen molar-refractivity contribution in [2.24, 2.45) is 11.3 Å². The molecule has 0 N–H and O–H groups in total. The van der Waals surface area contributed by atoms with Gasteiger partial charge in [-0.2, -0.15) is 0 Å². The summed E-state index contributed by atoms with van der Waals surface area (Å²) in [4.78, 5) is 0. The lowest BCUT2D eigenvalue weighted by Crippen LogP contribution is -2.24. The molecule has 0 rings (SSSR count). The van der Waals surface area contributed by atoms with Crippen LogP contribution in [0.15, 0.2) is 36.0 Å². The Kier molecular flexibility index (Phi) is 5.07. The van der Waals surface area contributed by atoms with Crippen molar-refractivity contribution in [3.05, 3.63) is 36.0 Å². The van der Waals surface area contributed by atoms with Gasteiger partial charge in [-0.3, -0.25) is 0 Å². The molecule has 0 heterocycles. The molecule has 0 fully saturated rings. The first-order valence-electron chi connectivity index (χ1n) is 5.68. The predicted molar refractivity (Wildman–Crippen MR) is 70.9 cm³/mol. The lowest BCUT2D eigenvalue weighted by Gasteiger charge is -2.34. The molecule has 0 spiro atoms. The molecule has 0 saturated heterocycles. The minimum atomic E-state index is 0.173. The molecule has 0 aromatic heterocycles. The highest BCUT2D eigenvalue weighted by molar-refractivity contribution is 5.21. The molecule has 15 heavy (non-hydrogen) atoms. The van der Waals surface area contributed by atoms with Crippen LogP contribution in [0.3, 0.4) is 0 Å². The third-order valence-electron chi connectivity index (χ3n) is 3.96. The number of hydrogen-bond acceptors (Lipinski definition) is 0. The second-order valence-corrected chi connectivity index (χ2v) is 5.18. The number of allylic oxidation sites excluding steroid dienone is 4. The van der Waals surface area contributed by atoms with E-state index < -0.39 is 0 Å². The van der Waals surface area contributed by atoms with Crippen LogP contribution in [-0.4, -0.2) is 0 Å². The SMILES string of the molecule is C=CC/C(C)=C(/C)C(C)C(C)(C)C(=C)C. The average Bonchev–Trinajstić information content (AvgIpc) is 2.15. The van der Waals surface area contributed by atoms with Crippen LogP contribution in [0.1, 0.15) is 48.0 Å². The largest absolute Gasteiger partial charge is 0.103 e. The van der Waals surface area contributed by atoms with Crippen LogP contribution in [0.25, 0.3) is 0 Å². The average molecular weight is 206 g/mol. The Morgan fingerprint density at radius 3 is 2.07 bits per heavy atom. The molecule has 0 aliphatic carbocycles. The van der Waals surface area contributed by atoms with Gasteiger partial charge < -0.3 is 0 Å². The topological polar surface area (TPSA) is 0 Å². The van der Waals surface area contributed by atoms with Gasteiger partial charge in [0.1, 0.15) is 0 Å². The summed E-state index contributed by atoms with van der Waals surface area (Å²) < 4.78 is 0. The minimum absolute atomic E-state index is 0.173. The summed E-state index contributed by atoms with van der Waals surface area (Å²) >= 11 is 0. The van der Waals surface area contributed by atoms with E-state index in [0.29, 0.717) is 5.92 Å². The summed E-state index contributed by atoms with van der Waals surface area (Å²) in [6, 6.07) is 0. The first-order chi connectivity index (χ1) is 6.75. The third kappa shape index (κ3) is 3.37. The van der Waals surface area contributed by atoms with Gasteiger partial charge in [0, 0.05) is 0 Å². The Bertz CT molecular complexity index is 276. The van der Waals surface area contributed by atoms with Gasteiger partial charge in [0.05, 0.1) is 0 Å². The lowest BCUT2D eigenvalue weighted by molar-refractivity contribution is 0.326. The summed E-state index contributed by atoms with van der Waals surface area (Å²) in [5.74, 6) is 0.537. The normalized spacial score (nSPS) is 15.6. The van der Waals surface area contributed by atoms with Gasteiger partial charge in [0.2, 0.25) is 0 Å². The second kappa shape index (κ2) is 5.34. The van der Waals surface area contributed by atoms with Crippen molar-refractivity contribution >= 4 is 0 Å². The molecular weight excluding hydrogens is 180 g/mol. The van der Waals surface area contributed by atoms with E-state index in [4.69, 9.17) is 0 Å². The molecule has 0 amide bonds. The van der Waals surface area contributed by atoms with Crippen molar-refractivity contribution in [3.8, 4) is 0 Å². The van der Waals surface area contributed by atoms with Crippen molar-refractivity contribution in [2.75, 3.05) is 0 Å². The Labute approximate surface area is 95.8 Å². The van der Waals surface area contributed by atoms with Crippen LogP contribution in [0.5, 0.6) is 0 Å². The van der Waals surface area contributed by atoms with E-state index in [-0.39, 0.29) is 5.41 Å². The fourth-order valence-electron chi connectivity index (χ4n) is 1.66. The van der Waals surface area contributed by atoms with Crippen LogP contribution < -0.4 is 0 Å². The van der Waals surface area contributed by atoms with Crippen molar-refractivity contribution in [1.82, 2.24) is 0 Å². The third-order valence-corrected chi connectivity index (χ3v) is 3.96. The maximum absolute atomic E-state index is 4.09. The summed E-state index contributed by atoms with van der Waals surface area (Å²) in [5.41, 5.74) is 4.34. The minimum Gasteiger partial charge on any atom is -0.103 e. The standard InChI is InChI=1S/C15H26/c1-9-10-12(4)13(5)14(6)15(7,8)11(2)3/h9,14H,1-2,10H2,3-8H3/b13-12-. The molecule has 1 unspecified atom stereocenters. The Balaban J connectivity index is 5.00. The van der Waals surface area contributed by atoms with Gasteiger partial charge in [-0.1, -0.05) is 50.1 Å². The molecule has 0 radical (unpaired) electrons. The Morgan fingerprint density at radius 2 is 1.73 bits per heavy atom. The fourth-order valence-corrected chi connectivity index (χ4v) is 1.66. The van der Waals surface area contributed by atoms with E-state index in [9.17, 15) is 0 Å². The van der Waals surface area contributed by atoms with E-state index in [0.717, 1.165) is 6.42 Å². The van der Waals surface area contributed by atoms with Gasteiger partial charge in [-0.25, -0.2) is 0 Å². The Hall–Kier alpha value is -0.780. The molecule has 0 heteroatoms. The molecule has 0 aromatic carbocycles. The highest BCUT2D eigenvalue weighted by atomic mass is 14.3. The molecule has 0 bridgehead atoms. The van der Waals surface area contributed by atoms with Gasteiger partial charge in [-0.05, 0) is 38.5 Å². The number of hydrogen-bond donors (Lipinski definition) is 0. The zero-order chi connectivity index (χ0) is 12.2. The molecular formula is C15H26. The Morgan fingerprint density at radius 1 is 1.27 bits per heavy atom. The summed E-state index contributed by atoms with van der Waals surface area (Å²) in [5, 5.41) is 0. The molecule has 0 nitrogen and oxygen atoms in total. The van der Waals surface area contributed by atoms with Crippen molar-refractivity contribution in [2.45, 2.75) is 48.0 Å². The summed E-state index contributed by atoms with van der Waals surface area (Å²) in [6.07, 6.45) is 2.96. The van der Waals surface area contributed by atoms with Crippen LogP contribution in [0, 0.1) is 11.3 Å². The zero-order valence-electron chi connectivity index (χ0n) is 11.3. The lowest BCUT2D eigenvalue weighted by atomic mass is 9.71. The van der Waals surface area contributed by atoms with Gasteiger partial charge in [0.15, 0.2) is 0 Å². The van der Waals surface area contributed by atoms with Gasteiger partial charge in [-0.15, -0.1) is 6.58 Å². The monoisotopic (exact) mass is 206 g/mol. The molecule has 0 saturated carbocycles. The van der Waals surface area contributed by atoms with E-state index in [1.54, 1.807) is 0 Å². The molecule has 86 valence electrons. The van der Waals surface area contributed by atoms with Crippen molar-refractivity contribution in [1.29, 1.82) is 0 Å². The maximum Gasteiger partial charge on any atom is -0.00874 e. The molecule has 0 aliphatic heterocycles. The first kappa shape index (κ1) is 14.2. The first-order valence-corrected chi connectivity index (χ1v) is 5.68. The van der Waals surface area contributed by atoms with E-state index in [1.807, 2.05) is 6.08 Å². The van der Waals surface area contributed by atoms with E-state index in [2.05, 4.69) is 54.7 Å². The van der Waals surface area contributed by atoms with Crippen LogP contribution >= 0.6 is 0 Å². The maximum atomic E-state index is 4.09. The predicted octanol–water partition coefficient (Wildman–Crippen LogP) is 5.14. The second-order valence-electron chi connectivity index (χ2n) is 5.18. The van der Waals surface area contributed by atoms with Gasteiger partial charge in [0.25, 0.3) is 0 Å². The quantitative estimate of drug-likeness (QED) is 0.546. The van der Waals surface area contributed by atoms with Crippen LogP contribution in [-0.2, 0) is 0 Å². The molecule has 0 aliphatic rings. The smallest absolute Gasteiger partial charge is 0.00874 e. The van der Waals surface area contributed by atoms with Crippen molar-refractivity contribution < 1.29 is 0 Å². The molecule has 1 atom stereocenters. The summed E-state index contributed by atoms with van der Waals surface area (Å²) in [6.45, 7) is 21.3. The van der Waals surface area contributed by atoms with E-state index in [1.165, 1.54) is 16.7 Å². The zero-order valence-corrected chi connectivity index (χ0v) is 11.3. The summed E-state index contributed by atoms with van der Waals surface area (Å²) in [7, 11) is 0. The number of rotatable bonds is 5. The van der Waals surface area contributed by atoms with Gasteiger partial charge >= 0.3 is 0 Å². The fraction of sp³-hybridized carbons (Fsp3) is 0.600. The van der Waals surface area contributed by atoms with E-state index >= 15 is 0 Å².